The van der Waals surface area contributed by atoms with Crippen LogP contribution in [0, 0.1) is 0 Å². The molecule has 156 valence electrons. The normalized spacial score (nSPS) is 14.5. The summed E-state index contributed by atoms with van der Waals surface area (Å²) in [6.45, 7) is 2.44. The van der Waals surface area contributed by atoms with Crippen molar-refractivity contribution in [1.29, 1.82) is 0 Å². The van der Waals surface area contributed by atoms with Crippen LogP contribution in [0.2, 0.25) is 0 Å². The highest BCUT2D eigenvalue weighted by atomic mass is 16.5. The van der Waals surface area contributed by atoms with Crippen LogP contribution in [-0.2, 0) is 4.74 Å². The monoisotopic (exact) mass is 401 g/mol. The highest BCUT2D eigenvalue weighted by Gasteiger charge is 2.24. The molecule has 0 aliphatic carbocycles. The van der Waals surface area contributed by atoms with Gasteiger partial charge in [0.1, 0.15) is 23.4 Å². The number of piperidine rings is 1. The summed E-state index contributed by atoms with van der Waals surface area (Å²) in [7, 11) is 3.18. The van der Waals surface area contributed by atoms with Crippen molar-refractivity contribution in [3.8, 4) is 11.5 Å². The van der Waals surface area contributed by atoms with Crippen LogP contribution in [0.4, 0.5) is 11.8 Å². The maximum Gasteiger partial charge on any atom is 0.255 e. The molecule has 0 bridgehead atoms. The molecule has 1 aliphatic heterocycles. The fourth-order valence-corrected chi connectivity index (χ4v) is 3.20. The highest BCUT2D eigenvalue weighted by Crippen LogP contribution is 2.28. The third kappa shape index (κ3) is 5.47. The number of nitrogens with one attached hydrogen (secondary N) is 1. The van der Waals surface area contributed by atoms with E-state index in [4.69, 9.17) is 19.9 Å². The lowest BCUT2D eigenvalue weighted by molar-refractivity contribution is 0.0927. The first-order chi connectivity index (χ1) is 14.1. The Labute approximate surface area is 170 Å². The van der Waals surface area contributed by atoms with Crippen molar-refractivity contribution in [2.24, 2.45) is 0 Å². The Bertz CT molecular complexity index is 824. The van der Waals surface area contributed by atoms with E-state index in [1.165, 1.54) is 0 Å². The zero-order valence-corrected chi connectivity index (χ0v) is 16.8. The lowest BCUT2D eigenvalue weighted by atomic mass is 10.1. The SMILES string of the molecule is COCCNC(=O)c1ccc(OC)cc1OC1CCN(c2ccnc(N)n2)CC1. The van der Waals surface area contributed by atoms with Crippen molar-refractivity contribution in [3.05, 3.63) is 36.0 Å². The Morgan fingerprint density at radius 1 is 1.28 bits per heavy atom. The number of ether oxygens (including phenoxy) is 3. The third-order valence-corrected chi connectivity index (χ3v) is 4.74. The second-order valence-corrected chi connectivity index (χ2v) is 6.69. The number of hydrogen-bond donors (Lipinski definition) is 2. The number of carbonyl (C=O) groups is 1. The summed E-state index contributed by atoms with van der Waals surface area (Å²) >= 11 is 0. The summed E-state index contributed by atoms with van der Waals surface area (Å²) in [6, 6.07) is 7.07. The van der Waals surface area contributed by atoms with Gasteiger partial charge in [0, 0.05) is 51.8 Å². The van der Waals surface area contributed by atoms with Crippen LogP contribution < -0.4 is 25.4 Å². The van der Waals surface area contributed by atoms with Gasteiger partial charge >= 0.3 is 0 Å². The molecule has 0 saturated carbocycles. The number of rotatable bonds is 8. The average Bonchev–Trinajstić information content (AvgIpc) is 2.74. The van der Waals surface area contributed by atoms with E-state index in [1.807, 2.05) is 6.07 Å². The van der Waals surface area contributed by atoms with Crippen molar-refractivity contribution in [1.82, 2.24) is 15.3 Å². The minimum Gasteiger partial charge on any atom is -0.497 e. The first kappa shape index (κ1) is 20.7. The van der Waals surface area contributed by atoms with E-state index in [9.17, 15) is 4.79 Å². The van der Waals surface area contributed by atoms with Gasteiger partial charge in [-0.05, 0) is 18.2 Å². The van der Waals surface area contributed by atoms with Gasteiger partial charge < -0.3 is 30.2 Å². The molecule has 0 atom stereocenters. The molecule has 29 heavy (non-hydrogen) atoms. The van der Waals surface area contributed by atoms with E-state index >= 15 is 0 Å². The molecule has 9 heteroatoms. The van der Waals surface area contributed by atoms with Gasteiger partial charge in [0.05, 0.1) is 19.3 Å². The molecular formula is C20H27N5O4. The number of anilines is 2. The molecule has 3 rings (SSSR count). The Kier molecular flexibility index (Phi) is 7.07. The van der Waals surface area contributed by atoms with Gasteiger partial charge in [0.2, 0.25) is 5.95 Å². The molecule has 2 aromatic rings. The number of nitrogen functional groups attached to an aromatic ring is 1. The summed E-state index contributed by atoms with van der Waals surface area (Å²) in [5, 5.41) is 2.83. The molecule has 3 N–H and O–H groups in total. The fourth-order valence-electron chi connectivity index (χ4n) is 3.20. The first-order valence-corrected chi connectivity index (χ1v) is 9.56. The second kappa shape index (κ2) is 9.92. The molecule has 1 saturated heterocycles. The molecular weight excluding hydrogens is 374 g/mol. The fraction of sp³-hybridized carbons (Fsp3) is 0.450. The van der Waals surface area contributed by atoms with E-state index in [-0.39, 0.29) is 18.0 Å². The van der Waals surface area contributed by atoms with Gasteiger partial charge in [-0.25, -0.2) is 4.98 Å². The Morgan fingerprint density at radius 3 is 2.76 bits per heavy atom. The van der Waals surface area contributed by atoms with E-state index in [0.29, 0.717) is 30.2 Å². The van der Waals surface area contributed by atoms with Crippen LogP contribution in [0.3, 0.4) is 0 Å². The van der Waals surface area contributed by atoms with Gasteiger partial charge in [0.25, 0.3) is 5.91 Å². The summed E-state index contributed by atoms with van der Waals surface area (Å²) in [4.78, 5) is 22.9. The van der Waals surface area contributed by atoms with Crippen LogP contribution in [0.25, 0.3) is 0 Å². The van der Waals surface area contributed by atoms with E-state index < -0.39 is 0 Å². The molecule has 1 amide bonds. The smallest absolute Gasteiger partial charge is 0.255 e. The predicted octanol–water partition coefficient (Wildman–Crippen LogP) is 1.49. The van der Waals surface area contributed by atoms with Crippen molar-refractivity contribution >= 4 is 17.7 Å². The van der Waals surface area contributed by atoms with Crippen LogP contribution in [-0.4, -0.2) is 62.4 Å². The second-order valence-electron chi connectivity index (χ2n) is 6.69. The van der Waals surface area contributed by atoms with E-state index in [0.717, 1.165) is 31.7 Å². The van der Waals surface area contributed by atoms with Crippen molar-refractivity contribution < 1.29 is 19.0 Å². The number of aromatic nitrogens is 2. The van der Waals surface area contributed by atoms with Crippen LogP contribution in [0.15, 0.2) is 30.5 Å². The number of methoxy groups -OCH3 is 2. The molecule has 2 heterocycles. The molecule has 1 aliphatic rings. The zero-order valence-electron chi connectivity index (χ0n) is 16.8. The Balaban J connectivity index is 1.65. The van der Waals surface area contributed by atoms with Crippen LogP contribution in [0.5, 0.6) is 11.5 Å². The molecule has 1 aromatic heterocycles. The van der Waals surface area contributed by atoms with Crippen LogP contribution >= 0.6 is 0 Å². The average molecular weight is 401 g/mol. The largest absolute Gasteiger partial charge is 0.497 e. The standard InChI is InChI=1S/C20H27N5O4/c1-27-12-9-22-19(26)16-4-3-15(28-2)13-17(16)29-14-6-10-25(11-7-14)18-5-8-23-20(21)24-18/h3-5,8,13-14H,6-7,9-12H2,1-2H3,(H,22,26)(H2,21,23,24). The van der Waals surface area contributed by atoms with Crippen LogP contribution in [0.1, 0.15) is 23.2 Å². The van der Waals surface area contributed by atoms with Crippen molar-refractivity contribution in [2.45, 2.75) is 18.9 Å². The molecule has 9 nitrogen and oxygen atoms in total. The lowest BCUT2D eigenvalue weighted by Gasteiger charge is -2.33. The summed E-state index contributed by atoms with van der Waals surface area (Å²) < 4.78 is 16.5. The molecule has 1 aromatic carbocycles. The molecule has 0 radical (unpaired) electrons. The van der Waals surface area contributed by atoms with Gasteiger partial charge in [-0.2, -0.15) is 4.98 Å². The van der Waals surface area contributed by atoms with Gasteiger partial charge in [-0.1, -0.05) is 0 Å². The van der Waals surface area contributed by atoms with E-state index in [2.05, 4.69) is 20.2 Å². The van der Waals surface area contributed by atoms with Gasteiger partial charge in [0.15, 0.2) is 0 Å². The Hall–Kier alpha value is -3.07. The van der Waals surface area contributed by atoms with Gasteiger partial charge in [-0.15, -0.1) is 0 Å². The Morgan fingerprint density at radius 2 is 2.07 bits per heavy atom. The zero-order chi connectivity index (χ0) is 20.6. The number of amides is 1. The number of benzene rings is 1. The maximum absolute atomic E-state index is 12.5. The summed E-state index contributed by atoms with van der Waals surface area (Å²) in [6.07, 6.45) is 3.24. The molecule has 0 unspecified atom stereocenters. The number of nitrogens with two attached hydrogens (primary N) is 1. The minimum absolute atomic E-state index is 0.0111. The maximum atomic E-state index is 12.5. The summed E-state index contributed by atoms with van der Waals surface area (Å²) in [5.74, 6) is 2.04. The summed E-state index contributed by atoms with van der Waals surface area (Å²) in [5.41, 5.74) is 6.16. The highest BCUT2D eigenvalue weighted by molar-refractivity contribution is 5.97. The topological polar surface area (TPSA) is 112 Å². The quantitative estimate of drug-likeness (QED) is 0.640. The number of hydrogen-bond acceptors (Lipinski definition) is 8. The number of carbonyl (C=O) groups excluding carboxylic acids is 1. The van der Waals surface area contributed by atoms with Gasteiger partial charge in [-0.3, -0.25) is 4.79 Å². The molecule has 0 spiro atoms. The molecule has 1 fully saturated rings. The van der Waals surface area contributed by atoms with E-state index in [1.54, 1.807) is 38.6 Å². The first-order valence-electron chi connectivity index (χ1n) is 9.56. The lowest BCUT2D eigenvalue weighted by Crippen LogP contribution is -2.39. The predicted molar refractivity (Wildman–Crippen MR) is 110 cm³/mol. The van der Waals surface area contributed by atoms with Crippen molar-refractivity contribution in [3.63, 3.8) is 0 Å². The number of nitrogens with zero attached hydrogens (tertiary/aromatic N) is 3. The minimum atomic E-state index is -0.200. The third-order valence-electron chi connectivity index (χ3n) is 4.74. The van der Waals surface area contributed by atoms with Crippen molar-refractivity contribution in [2.75, 3.05) is 51.1 Å².